The second kappa shape index (κ2) is 5.55. The Morgan fingerprint density at radius 2 is 2.16 bits per heavy atom. The van der Waals surface area contributed by atoms with Gasteiger partial charge in [0.1, 0.15) is 10.8 Å². The molecule has 5 heteroatoms. The summed E-state index contributed by atoms with van der Waals surface area (Å²) in [5.74, 6) is 0.564. The second-order valence-electron chi connectivity index (χ2n) is 5.82. The Morgan fingerprint density at radius 1 is 1.42 bits per heavy atom. The Morgan fingerprint density at radius 3 is 2.79 bits per heavy atom. The molecule has 1 aliphatic rings. The zero-order valence-corrected chi connectivity index (χ0v) is 12.7. The van der Waals surface area contributed by atoms with E-state index in [1.54, 1.807) is 0 Å². The van der Waals surface area contributed by atoms with Crippen molar-refractivity contribution in [3.63, 3.8) is 0 Å². The van der Waals surface area contributed by atoms with Crippen molar-refractivity contribution in [3.05, 3.63) is 17.3 Å². The molecule has 1 saturated heterocycles. The molecule has 1 atom stereocenters. The lowest BCUT2D eigenvalue weighted by Gasteiger charge is -2.35. The zero-order chi connectivity index (χ0) is 14.0. The summed E-state index contributed by atoms with van der Waals surface area (Å²) in [5, 5.41) is 0.454. The third-order valence-electron chi connectivity index (χ3n) is 2.87. The van der Waals surface area contributed by atoms with Crippen LogP contribution in [0.2, 0.25) is 5.15 Å². The van der Waals surface area contributed by atoms with Crippen LogP contribution in [0.1, 0.15) is 27.7 Å². The van der Waals surface area contributed by atoms with E-state index in [1.165, 1.54) is 0 Å². The molecule has 1 fully saturated rings. The summed E-state index contributed by atoms with van der Waals surface area (Å²) in [6.07, 6.45) is 0. The highest BCUT2D eigenvalue weighted by atomic mass is 35.5. The van der Waals surface area contributed by atoms with Gasteiger partial charge in [-0.1, -0.05) is 11.6 Å². The van der Waals surface area contributed by atoms with Gasteiger partial charge in [-0.3, -0.25) is 0 Å². The molecule has 0 amide bonds. The van der Waals surface area contributed by atoms with Gasteiger partial charge in [0, 0.05) is 24.3 Å². The number of morpholine rings is 1. The summed E-state index contributed by atoms with van der Waals surface area (Å²) in [5.41, 5.74) is 0.751. The molecular weight excluding hydrogens is 264 g/mol. The van der Waals surface area contributed by atoms with E-state index in [-0.39, 0.29) is 5.60 Å². The van der Waals surface area contributed by atoms with Crippen molar-refractivity contribution < 1.29 is 9.47 Å². The summed E-state index contributed by atoms with van der Waals surface area (Å²) >= 11 is 6.10. The summed E-state index contributed by atoms with van der Waals surface area (Å²) in [7, 11) is 0. The van der Waals surface area contributed by atoms with Crippen molar-refractivity contribution in [2.75, 3.05) is 24.7 Å². The van der Waals surface area contributed by atoms with Gasteiger partial charge in [-0.25, -0.2) is 4.98 Å². The predicted molar refractivity (Wildman–Crippen MR) is 77.3 cm³/mol. The molecule has 1 aromatic rings. The predicted octanol–water partition coefficient (Wildman–Crippen LogP) is 3.14. The van der Waals surface area contributed by atoms with Crippen LogP contribution in [0.5, 0.6) is 5.88 Å². The van der Waals surface area contributed by atoms with E-state index in [0.29, 0.717) is 17.1 Å². The molecule has 0 bridgehead atoms. The normalized spacial score (nSPS) is 20.5. The van der Waals surface area contributed by atoms with Gasteiger partial charge in [0.25, 0.3) is 0 Å². The molecule has 1 aromatic heterocycles. The molecule has 0 saturated carbocycles. The highest BCUT2D eigenvalue weighted by molar-refractivity contribution is 6.29. The first-order valence-corrected chi connectivity index (χ1v) is 6.94. The molecule has 4 nitrogen and oxygen atoms in total. The van der Waals surface area contributed by atoms with Gasteiger partial charge in [0.15, 0.2) is 0 Å². The van der Waals surface area contributed by atoms with Crippen molar-refractivity contribution >= 4 is 17.3 Å². The highest BCUT2D eigenvalue weighted by Gasteiger charge is 2.21. The fourth-order valence-corrected chi connectivity index (χ4v) is 2.30. The molecule has 0 spiro atoms. The van der Waals surface area contributed by atoms with Crippen LogP contribution >= 0.6 is 11.6 Å². The average molecular weight is 285 g/mol. The number of aromatic nitrogens is 1. The standard InChI is InChI=1S/C14H21ClN2O2/c1-10-9-18-6-5-17(10)11-7-12(15)16-13(8-11)19-14(2,3)4/h7-8,10H,5-6,9H2,1-4H3/t10-/m1/s1. The third kappa shape index (κ3) is 3.98. The minimum atomic E-state index is -0.286. The molecular formula is C14H21ClN2O2. The maximum Gasteiger partial charge on any atom is 0.217 e. The number of anilines is 1. The molecule has 0 unspecified atom stereocenters. The Bertz CT molecular complexity index is 446. The summed E-state index contributed by atoms with van der Waals surface area (Å²) in [4.78, 5) is 6.49. The minimum Gasteiger partial charge on any atom is -0.472 e. The maximum absolute atomic E-state index is 6.10. The molecule has 1 aliphatic heterocycles. The number of rotatable bonds is 2. The second-order valence-corrected chi connectivity index (χ2v) is 6.21. The van der Waals surface area contributed by atoms with Gasteiger partial charge in [0.2, 0.25) is 5.88 Å². The van der Waals surface area contributed by atoms with E-state index < -0.39 is 0 Å². The molecule has 0 aromatic carbocycles. The van der Waals surface area contributed by atoms with Crippen LogP contribution in [0.4, 0.5) is 5.69 Å². The van der Waals surface area contributed by atoms with Crippen LogP contribution < -0.4 is 9.64 Å². The van der Waals surface area contributed by atoms with Crippen molar-refractivity contribution in [1.29, 1.82) is 0 Å². The molecule has 19 heavy (non-hydrogen) atoms. The molecule has 0 radical (unpaired) electrons. The van der Waals surface area contributed by atoms with Crippen LogP contribution in [-0.2, 0) is 4.74 Å². The van der Waals surface area contributed by atoms with Gasteiger partial charge in [0.05, 0.1) is 13.2 Å². The number of ether oxygens (including phenoxy) is 2. The van der Waals surface area contributed by atoms with Crippen LogP contribution in [-0.4, -0.2) is 36.4 Å². The molecule has 2 rings (SSSR count). The van der Waals surface area contributed by atoms with Gasteiger partial charge in [-0.2, -0.15) is 0 Å². The van der Waals surface area contributed by atoms with E-state index in [4.69, 9.17) is 21.1 Å². The summed E-state index contributed by atoms with van der Waals surface area (Å²) in [6, 6.07) is 4.15. The van der Waals surface area contributed by atoms with E-state index in [9.17, 15) is 0 Å². The molecule has 2 heterocycles. The van der Waals surface area contributed by atoms with Gasteiger partial charge >= 0.3 is 0 Å². The van der Waals surface area contributed by atoms with E-state index in [0.717, 1.165) is 25.4 Å². The van der Waals surface area contributed by atoms with Crippen molar-refractivity contribution in [2.24, 2.45) is 0 Å². The zero-order valence-electron chi connectivity index (χ0n) is 11.9. The third-order valence-corrected chi connectivity index (χ3v) is 3.06. The maximum atomic E-state index is 6.10. The number of hydrogen-bond donors (Lipinski definition) is 0. The number of nitrogens with zero attached hydrogens (tertiary/aromatic N) is 2. The fraction of sp³-hybridized carbons (Fsp3) is 0.643. The van der Waals surface area contributed by atoms with Crippen molar-refractivity contribution in [3.8, 4) is 5.88 Å². The van der Waals surface area contributed by atoms with Crippen LogP contribution in [0.3, 0.4) is 0 Å². The molecule has 0 N–H and O–H groups in total. The first-order valence-electron chi connectivity index (χ1n) is 6.56. The lowest BCUT2D eigenvalue weighted by atomic mass is 10.2. The lowest BCUT2D eigenvalue weighted by molar-refractivity contribution is 0.0986. The Kier molecular flexibility index (Phi) is 4.21. The summed E-state index contributed by atoms with van der Waals surface area (Å²) in [6.45, 7) is 10.4. The SMILES string of the molecule is C[C@@H]1COCCN1c1cc(Cl)nc(OC(C)(C)C)c1. The first kappa shape index (κ1) is 14.4. The topological polar surface area (TPSA) is 34.6 Å². The Labute approximate surface area is 119 Å². The van der Waals surface area contributed by atoms with E-state index >= 15 is 0 Å². The highest BCUT2D eigenvalue weighted by Crippen LogP contribution is 2.28. The largest absolute Gasteiger partial charge is 0.472 e. The van der Waals surface area contributed by atoms with Crippen molar-refractivity contribution in [1.82, 2.24) is 4.98 Å². The number of pyridine rings is 1. The van der Waals surface area contributed by atoms with E-state index in [1.807, 2.05) is 32.9 Å². The van der Waals surface area contributed by atoms with Crippen LogP contribution in [0.25, 0.3) is 0 Å². The lowest BCUT2D eigenvalue weighted by Crippen LogP contribution is -2.43. The van der Waals surface area contributed by atoms with Gasteiger partial charge < -0.3 is 14.4 Å². The van der Waals surface area contributed by atoms with Crippen LogP contribution in [0.15, 0.2) is 12.1 Å². The Balaban J connectivity index is 2.25. The number of hydrogen-bond acceptors (Lipinski definition) is 4. The smallest absolute Gasteiger partial charge is 0.217 e. The first-order chi connectivity index (χ1) is 8.85. The quantitative estimate of drug-likeness (QED) is 0.782. The fourth-order valence-electron chi connectivity index (χ4n) is 2.10. The van der Waals surface area contributed by atoms with Gasteiger partial charge in [-0.05, 0) is 33.8 Å². The summed E-state index contributed by atoms with van der Waals surface area (Å²) < 4.78 is 11.2. The van der Waals surface area contributed by atoms with Crippen molar-refractivity contribution in [2.45, 2.75) is 39.3 Å². The monoisotopic (exact) mass is 284 g/mol. The average Bonchev–Trinajstić information content (AvgIpc) is 2.26. The molecule has 0 aliphatic carbocycles. The van der Waals surface area contributed by atoms with E-state index in [2.05, 4.69) is 16.8 Å². The van der Waals surface area contributed by atoms with Crippen LogP contribution in [0, 0.1) is 0 Å². The minimum absolute atomic E-state index is 0.286. The Hall–Kier alpha value is -1.00. The van der Waals surface area contributed by atoms with Gasteiger partial charge in [-0.15, -0.1) is 0 Å². The number of halogens is 1. The molecule has 106 valence electrons.